The van der Waals surface area contributed by atoms with Crippen LogP contribution in [0, 0.1) is 0 Å². The van der Waals surface area contributed by atoms with Crippen molar-refractivity contribution >= 4 is 17.8 Å². The molecule has 0 aromatic heterocycles. The monoisotopic (exact) mass is 146 g/mol. The van der Waals surface area contributed by atoms with Crippen molar-refractivity contribution in [3.63, 3.8) is 0 Å². The Hall–Kier alpha value is -0.740. The highest BCUT2D eigenvalue weighted by molar-refractivity contribution is 6.30. The molecule has 4 N–H and O–H groups in total. The Morgan fingerprint density at radius 1 is 1.78 bits per heavy atom. The molecule has 0 unspecified atom stereocenters. The quantitative estimate of drug-likeness (QED) is 0.360. The molecule has 0 amide bonds. The first-order valence-corrected chi connectivity index (χ1v) is 2.79. The van der Waals surface area contributed by atoms with Crippen LogP contribution >= 0.6 is 11.6 Å². The Balaban J connectivity index is 2.83. The molecular weight excluding hydrogens is 140 g/mol. The lowest BCUT2D eigenvalue weighted by atomic mass is 10.5. The van der Waals surface area contributed by atoms with E-state index >= 15 is 0 Å². The van der Waals surface area contributed by atoms with Crippen molar-refractivity contribution in [2.45, 2.75) is 0 Å². The van der Waals surface area contributed by atoms with Crippen molar-refractivity contribution in [1.29, 1.82) is 0 Å². The summed E-state index contributed by atoms with van der Waals surface area (Å²) in [5, 5.41) is 1.58. The number of hydrazine groups is 1. The van der Waals surface area contributed by atoms with E-state index in [1.165, 1.54) is 5.01 Å². The predicted octanol–water partition coefficient (Wildman–Crippen LogP) is -0.429. The van der Waals surface area contributed by atoms with Crippen LogP contribution in [0.5, 0.6) is 0 Å². The van der Waals surface area contributed by atoms with E-state index in [-0.39, 0.29) is 5.16 Å². The lowest BCUT2D eigenvalue weighted by molar-refractivity contribution is 0.400. The lowest BCUT2D eigenvalue weighted by Gasteiger charge is -2.19. The molecule has 0 aromatic carbocycles. The van der Waals surface area contributed by atoms with Crippen molar-refractivity contribution in [3.8, 4) is 0 Å². The van der Waals surface area contributed by atoms with Gasteiger partial charge in [-0.15, -0.1) is 0 Å². The molecule has 5 heteroatoms. The predicted molar refractivity (Wildman–Crippen MR) is 36.5 cm³/mol. The van der Waals surface area contributed by atoms with Crippen LogP contribution in [0.3, 0.4) is 0 Å². The van der Waals surface area contributed by atoms with E-state index in [1.54, 1.807) is 6.21 Å². The van der Waals surface area contributed by atoms with Gasteiger partial charge in [0.2, 0.25) is 0 Å². The van der Waals surface area contributed by atoms with Crippen LogP contribution in [0.15, 0.2) is 16.0 Å². The van der Waals surface area contributed by atoms with Gasteiger partial charge in [0.05, 0.1) is 6.54 Å². The summed E-state index contributed by atoms with van der Waals surface area (Å²) in [5.41, 5.74) is 5.36. The Kier molecular flexibility index (Phi) is 1.59. The Morgan fingerprint density at radius 3 is 2.89 bits per heavy atom. The van der Waals surface area contributed by atoms with Gasteiger partial charge in [-0.3, -0.25) is 5.01 Å². The molecule has 50 valence electrons. The van der Waals surface area contributed by atoms with Gasteiger partial charge < -0.3 is 5.73 Å². The minimum atomic E-state index is 0.253. The van der Waals surface area contributed by atoms with E-state index < -0.39 is 0 Å². The maximum atomic E-state index is 5.50. The Morgan fingerprint density at radius 2 is 2.44 bits per heavy atom. The molecule has 0 fully saturated rings. The fourth-order valence-electron chi connectivity index (χ4n) is 0.492. The number of hydrogen-bond acceptors (Lipinski definition) is 4. The molecule has 0 saturated carbocycles. The van der Waals surface area contributed by atoms with Crippen molar-refractivity contribution in [1.82, 2.24) is 5.01 Å². The third-order valence-corrected chi connectivity index (χ3v) is 1.29. The fraction of sp³-hybridized carbons (Fsp3) is 0.250. The first kappa shape index (κ1) is 6.38. The van der Waals surface area contributed by atoms with Gasteiger partial charge in [0, 0.05) is 6.21 Å². The molecule has 0 aromatic rings. The molecule has 4 nitrogen and oxygen atoms in total. The molecular formula is C4H7ClN4. The molecule has 9 heavy (non-hydrogen) atoms. The molecule has 1 aliphatic rings. The van der Waals surface area contributed by atoms with Crippen LogP contribution < -0.4 is 11.6 Å². The third-order valence-electron chi connectivity index (χ3n) is 1.00. The number of nitrogens with zero attached hydrogens (tertiary/aromatic N) is 2. The van der Waals surface area contributed by atoms with Crippen LogP contribution in [0.1, 0.15) is 0 Å². The first-order chi connectivity index (χ1) is 4.22. The maximum absolute atomic E-state index is 5.50. The van der Waals surface area contributed by atoms with Gasteiger partial charge in [-0.25, -0.2) is 10.8 Å². The number of nitrogens with two attached hydrogens (primary N) is 2. The maximum Gasteiger partial charge on any atom is 0.170 e. The second-order valence-corrected chi connectivity index (χ2v) is 2.00. The molecule has 1 heterocycles. The van der Waals surface area contributed by atoms with Gasteiger partial charge in [-0.2, -0.15) is 0 Å². The summed E-state index contributed by atoms with van der Waals surface area (Å²) in [6.07, 6.45) is 1.60. The van der Waals surface area contributed by atoms with Crippen LogP contribution in [-0.2, 0) is 0 Å². The van der Waals surface area contributed by atoms with Crippen LogP contribution in [-0.4, -0.2) is 17.8 Å². The van der Waals surface area contributed by atoms with Crippen molar-refractivity contribution < 1.29 is 0 Å². The second-order valence-electron chi connectivity index (χ2n) is 1.64. The van der Waals surface area contributed by atoms with Crippen molar-refractivity contribution in [2.24, 2.45) is 16.6 Å². The SMILES string of the molecule is NC1=C(Cl)N=CCN1N. The second kappa shape index (κ2) is 2.24. The highest BCUT2D eigenvalue weighted by Crippen LogP contribution is 2.10. The smallest absolute Gasteiger partial charge is 0.170 e. The topological polar surface area (TPSA) is 67.6 Å². The Bertz CT molecular complexity index is 173. The minimum Gasteiger partial charge on any atom is -0.382 e. The van der Waals surface area contributed by atoms with Crippen molar-refractivity contribution in [2.75, 3.05) is 6.54 Å². The zero-order valence-corrected chi connectivity index (χ0v) is 5.47. The van der Waals surface area contributed by atoms with Crippen LogP contribution in [0.4, 0.5) is 0 Å². The molecule has 0 bridgehead atoms. The van der Waals surface area contributed by atoms with Crippen molar-refractivity contribution in [3.05, 3.63) is 11.0 Å². The first-order valence-electron chi connectivity index (χ1n) is 2.42. The van der Waals surface area contributed by atoms with E-state index in [1.807, 2.05) is 0 Å². The van der Waals surface area contributed by atoms with E-state index in [0.717, 1.165) is 0 Å². The summed E-state index contributed by atoms with van der Waals surface area (Å²) in [5.74, 6) is 5.66. The average molecular weight is 147 g/mol. The van der Waals surface area contributed by atoms with E-state index in [2.05, 4.69) is 4.99 Å². The summed E-state index contributed by atoms with van der Waals surface area (Å²) in [7, 11) is 0. The molecule has 0 saturated heterocycles. The largest absolute Gasteiger partial charge is 0.382 e. The molecule has 1 aliphatic heterocycles. The van der Waals surface area contributed by atoms with E-state index in [9.17, 15) is 0 Å². The van der Waals surface area contributed by atoms with Gasteiger partial charge in [-0.1, -0.05) is 11.6 Å². The molecule has 1 rings (SSSR count). The summed E-state index contributed by atoms with van der Waals surface area (Å²) in [6, 6.07) is 0. The minimum absolute atomic E-state index is 0.253. The summed E-state index contributed by atoms with van der Waals surface area (Å²) in [4.78, 5) is 3.73. The lowest BCUT2D eigenvalue weighted by Crippen LogP contribution is -2.38. The normalized spacial score (nSPS) is 19.1. The van der Waals surface area contributed by atoms with Crippen LogP contribution in [0.25, 0.3) is 0 Å². The zero-order valence-electron chi connectivity index (χ0n) is 4.71. The van der Waals surface area contributed by atoms with Gasteiger partial charge in [-0.05, 0) is 0 Å². The average Bonchev–Trinajstić information content (AvgIpc) is 1.83. The number of hydrogen-bond donors (Lipinski definition) is 2. The molecule has 0 aliphatic carbocycles. The van der Waals surface area contributed by atoms with Gasteiger partial charge in [0.25, 0.3) is 0 Å². The highest BCUT2D eigenvalue weighted by Gasteiger charge is 2.07. The van der Waals surface area contributed by atoms with Crippen LogP contribution in [0.2, 0.25) is 0 Å². The molecule has 0 atom stereocenters. The zero-order chi connectivity index (χ0) is 6.85. The molecule has 0 radical (unpaired) electrons. The summed E-state index contributed by atoms with van der Waals surface area (Å²) >= 11 is 5.50. The standard InChI is InChI=1S/C4H7ClN4/c5-3-4(6)9(7)2-1-8-3/h1H,2,6-7H2. The highest BCUT2D eigenvalue weighted by atomic mass is 35.5. The van der Waals surface area contributed by atoms with E-state index in [4.69, 9.17) is 23.2 Å². The summed E-state index contributed by atoms with van der Waals surface area (Å²) < 4.78 is 0. The van der Waals surface area contributed by atoms with Gasteiger partial charge in [0.1, 0.15) is 0 Å². The van der Waals surface area contributed by atoms with E-state index in [0.29, 0.717) is 12.4 Å². The fourth-order valence-corrected chi connectivity index (χ4v) is 0.669. The molecule has 0 spiro atoms. The number of aliphatic imine (C=N–C) groups is 1. The van der Waals surface area contributed by atoms with Gasteiger partial charge >= 0.3 is 0 Å². The third kappa shape index (κ3) is 1.14. The number of rotatable bonds is 0. The van der Waals surface area contributed by atoms with Gasteiger partial charge in [0.15, 0.2) is 11.0 Å². The number of halogens is 1. The summed E-state index contributed by atoms with van der Waals surface area (Å²) in [6.45, 7) is 0.516. The Labute approximate surface area is 57.7 Å².